The molecule has 1 aliphatic rings. The highest BCUT2D eigenvalue weighted by atomic mass is 32.2. The zero-order valence-electron chi connectivity index (χ0n) is 24.2. The van der Waals surface area contributed by atoms with Gasteiger partial charge in [-0.25, -0.2) is 13.2 Å². The number of benzene rings is 3. The normalized spacial score (nSPS) is 16.6. The Kier molecular flexibility index (Phi) is 10.6. The van der Waals surface area contributed by atoms with Gasteiger partial charge in [0.25, 0.3) is 5.91 Å². The summed E-state index contributed by atoms with van der Waals surface area (Å²) in [5.74, 6) is -1.14. The highest BCUT2D eigenvalue weighted by Gasteiger charge is 2.25. The van der Waals surface area contributed by atoms with Gasteiger partial charge in [0.05, 0.1) is 31.3 Å². The number of methoxy groups -OCH3 is 1. The van der Waals surface area contributed by atoms with Crippen molar-refractivity contribution >= 4 is 33.3 Å². The Hall–Kier alpha value is -4.13. The number of ether oxygens (including phenoxy) is 1. The lowest BCUT2D eigenvalue weighted by Crippen LogP contribution is -2.50. The molecule has 230 valence electrons. The van der Waals surface area contributed by atoms with Crippen LogP contribution in [0, 0.1) is 0 Å². The fourth-order valence-corrected chi connectivity index (χ4v) is 5.65. The lowest BCUT2D eigenvalue weighted by atomic mass is 10.0. The van der Waals surface area contributed by atoms with Crippen molar-refractivity contribution in [2.45, 2.75) is 44.0 Å². The molecule has 0 radical (unpaired) electrons. The summed E-state index contributed by atoms with van der Waals surface area (Å²) in [5, 5.41) is 27.0. The third-order valence-corrected chi connectivity index (χ3v) is 7.88. The molecule has 1 aliphatic heterocycles. The number of anilines is 2. The van der Waals surface area contributed by atoms with Crippen LogP contribution in [0.1, 0.15) is 46.9 Å². The molecular formula is C31H38N4O7S. The molecule has 3 aromatic rings. The van der Waals surface area contributed by atoms with Gasteiger partial charge in [0.2, 0.25) is 10.0 Å². The number of nitrogens with zero attached hydrogens (tertiary/aromatic N) is 1. The topological polar surface area (TPSA) is 157 Å². The van der Waals surface area contributed by atoms with E-state index in [2.05, 4.69) is 20.3 Å². The molecule has 1 amide bonds. The van der Waals surface area contributed by atoms with E-state index < -0.39 is 28.1 Å². The Bertz CT molecular complexity index is 1500. The van der Waals surface area contributed by atoms with Gasteiger partial charge in [-0.2, -0.15) is 0 Å². The molecule has 1 saturated heterocycles. The fourth-order valence-electron chi connectivity index (χ4n) is 5.09. The van der Waals surface area contributed by atoms with Crippen molar-refractivity contribution in [2.75, 3.05) is 36.1 Å². The molecule has 12 heteroatoms. The average molecular weight is 611 g/mol. The van der Waals surface area contributed by atoms with Crippen LogP contribution in [0.15, 0.2) is 72.8 Å². The first-order valence-electron chi connectivity index (χ1n) is 14.1. The van der Waals surface area contributed by atoms with E-state index in [9.17, 15) is 28.2 Å². The number of aliphatic hydroxyl groups excluding tert-OH is 1. The minimum Gasteiger partial charge on any atom is -0.506 e. The number of piperidine rings is 1. The zero-order chi connectivity index (χ0) is 31.0. The zero-order valence-corrected chi connectivity index (χ0v) is 25.0. The molecule has 1 heterocycles. The monoisotopic (exact) mass is 610 g/mol. The molecule has 1 fully saturated rings. The van der Waals surface area contributed by atoms with Gasteiger partial charge in [0.1, 0.15) is 11.8 Å². The van der Waals surface area contributed by atoms with Crippen molar-refractivity contribution in [1.29, 1.82) is 0 Å². The lowest BCUT2D eigenvalue weighted by Gasteiger charge is -2.38. The number of aromatic hydroxyl groups is 1. The Morgan fingerprint density at radius 3 is 2.44 bits per heavy atom. The molecule has 0 aliphatic carbocycles. The SMILES string of the molecule is COC(=O)[C@@H](Cc1ccccc1)NC(=O)c1ccc(N2CCCCC2NCC(O)c2ccc(O)c(NS(C)(=O)=O)c2)cc1. The lowest BCUT2D eigenvalue weighted by molar-refractivity contribution is -0.142. The van der Waals surface area contributed by atoms with Crippen LogP contribution in [0.4, 0.5) is 11.4 Å². The highest BCUT2D eigenvalue weighted by molar-refractivity contribution is 7.92. The average Bonchev–Trinajstić information content (AvgIpc) is 3.00. The molecule has 4 rings (SSSR count). The smallest absolute Gasteiger partial charge is 0.328 e. The number of carbonyl (C=O) groups is 2. The predicted octanol–water partition coefficient (Wildman–Crippen LogP) is 2.92. The molecule has 0 bridgehead atoms. The Balaban J connectivity index is 1.39. The molecule has 3 atom stereocenters. The first-order chi connectivity index (χ1) is 20.5. The first-order valence-corrected chi connectivity index (χ1v) is 15.9. The second-order valence-corrected chi connectivity index (χ2v) is 12.3. The number of sulfonamides is 1. The van der Waals surface area contributed by atoms with E-state index in [1.165, 1.54) is 19.2 Å². The van der Waals surface area contributed by atoms with Gasteiger partial charge in [-0.3, -0.25) is 14.8 Å². The number of esters is 1. The maximum absolute atomic E-state index is 13.0. The van der Waals surface area contributed by atoms with Crippen molar-refractivity contribution in [1.82, 2.24) is 10.6 Å². The van der Waals surface area contributed by atoms with E-state index in [1.54, 1.807) is 18.2 Å². The van der Waals surface area contributed by atoms with Crippen LogP contribution in [-0.2, 0) is 26.0 Å². The summed E-state index contributed by atoms with van der Waals surface area (Å²) < 4.78 is 30.4. The van der Waals surface area contributed by atoms with Crippen molar-refractivity contribution in [2.24, 2.45) is 0 Å². The quantitative estimate of drug-likeness (QED) is 0.154. The van der Waals surface area contributed by atoms with Crippen molar-refractivity contribution in [3.8, 4) is 5.75 Å². The van der Waals surface area contributed by atoms with Crippen LogP contribution >= 0.6 is 0 Å². The van der Waals surface area contributed by atoms with Crippen LogP contribution in [0.2, 0.25) is 0 Å². The molecule has 11 nitrogen and oxygen atoms in total. The summed E-state index contributed by atoms with van der Waals surface area (Å²) in [4.78, 5) is 27.6. The van der Waals surface area contributed by atoms with Gasteiger partial charge in [-0.1, -0.05) is 36.4 Å². The molecular weight excluding hydrogens is 572 g/mol. The van der Waals surface area contributed by atoms with Gasteiger partial charge < -0.3 is 25.2 Å². The number of nitrogens with one attached hydrogen (secondary N) is 3. The summed E-state index contributed by atoms with van der Waals surface area (Å²) in [7, 11) is -2.31. The second kappa shape index (κ2) is 14.4. The molecule has 43 heavy (non-hydrogen) atoms. The number of carbonyl (C=O) groups excluding carboxylic acids is 2. The molecule has 0 saturated carbocycles. The number of hydrogen-bond acceptors (Lipinski definition) is 9. The van der Waals surface area contributed by atoms with Gasteiger partial charge in [0.15, 0.2) is 0 Å². The second-order valence-electron chi connectivity index (χ2n) is 10.6. The van der Waals surface area contributed by atoms with E-state index in [1.807, 2.05) is 42.5 Å². The van der Waals surface area contributed by atoms with E-state index in [0.717, 1.165) is 43.3 Å². The summed E-state index contributed by atoms with van der Waals surface area (Å²) in [6.45, 7) is 0.976. The fraction of sp³-hybridized carbons (Fsp3) is 0.355. The van der Waals surface area contributed by atoms with Crippen LogP contribution in [-0.4, -0.2) is 69.2 Å². The van der Waals surface area contributed by atoms with Crippen LogP contribution in [0.25, 0.3) is 0 Å². The van der Waals surface area contributed by atoms with Crippen LogP contribution < -0.4 is 20.3 Å². The largest absolute Gasteiger partial charge is 0.506 e. The maximum Gasteiger partial charge on any atom is 0.328 e. The number of rotatable bonds is 12. The first kappa shape index (κ1) is 31.8. The number of hydrogen-bond donors (Lipinski definition) is 5. The van der Waals surface area contributed by atoms with Crippen molar-refractivity contribution < 1.29 is 33.0 Å². The van der Waals surface area contributed by atoms with E-state index in [0.29, 0.717) is 17.5 Å². The van der Waals surface area contributed by atoms with Gasteiger partial charge >= 0.3 is 5.97 Å². The summed E-state index contributed by atoms with van der Waals surface area (Å²) in [5.41, 5.74) is 2.67. The minimum absolute atomic E-state index is 0.000409. The van der Waals surface area contributed by atoms with E-state index in [-0.39, 0.29) is 30.1 Å². The molecule has 0 aromatic heterocycles. The molecule has 5 N–H and O–H groups in total. The summed E-state index contributed by atoms with van der Waals surface area (Å²) in [6.07, 6.45) is 3.09. The molecule has 3 aromatic carbocycles. The molecule has 0 spiro atoms. The number of aliphatic hydroxyl groups is 1. The predicted molar refractivity (Wildman–Crippen MR) is 164 cm³/mol. The summed E-state index contributed by atoms with van der Waals surface area (Å²) >= 11 is 0. The Morgan fingerprint density at radius 1 is 1.05 bits per heavy atom. The van der Waals surface area contributed by atoms with Crippen LogP contribution in [0.5, 0.6) is 5.75 Å². The Labute approximate surface area is 251 Å². The number of phenolic OH excluding ortho intramolecular Hbond substituents is 1. The molecule has 2 unspecified atom stereocenters. The third kappa shape index (κ3) is 8.93. The minimum atomic E-state index is -3.60. The summed E-state index contributed by atoms with van der Waals surface area (Å²) in [6, 6.07) is 20.0. The van der Waals surface area contributed by atoms with E-state index in [4.69, 9.17) is 4.74 Å². The van der Waals surface area contributed by atoms with Gasteiger partial charge in [0, 0.05) is 30.8 Å². The third-order valence-electron chi connectivity index (χ3n) is 7.29. The Morgan fingerprint density at radius 2 is 1.77 bits per heavy atom. The van der Waals surface area contributed by atoms with Gasteiger partial charge in [-0.15, -0.1) is 0 Å². The van der Waals surface area contributed by atoms with Crippen molar-refractivity contribution in [3.05, 3.63) is 89.5 Å². The van der Waals surface area contributed by atoms with Crippen LogP contribution in [0.3, 0.4) is 0 Å². The van der Waals surface area contributed by atoms with E-state index >= 15 is 0 Å². The van der Waals surface area contributed by atoms with Crippen molar-refractivity contribution in [3.63, 3.8) is 0 Å². The standard InChI is InChI=1S/C31H38N4O7S/c1-42-31(39)26(18-21-8-4-3-5-9-21)33-30(38)22-11-14-24(15-12-22)35-17-7-6-10-29(35)32-20-28(37)23-13-16-27(36)25(19-23)34-43(2,40)41/h3-5,8-9,11-16,19,26,28-29,32,34,36-37H,6-7,10,17-18,20H2,1-2H3,(H,33,38)/t26-,28?,29?/m1/s1. The number of phenols is 1. The maximum atomic E-state index is 13.0. The van der Waals surface area contributed by atoms with Gasteiger partial charge in [-0.05, 0) is 66.8 Å². The number of amides is 1. The highest BCUT2D eigenvalue weighted by Crippen LogP contribution is 2.29.